The third-order valence-corrected chi connectivity index (χ3v) is 5.06. The summed E-state index contributed by atoms with van der Waals surface area (Å²) < 4.78 is 13.8. The molecule has 0 N–H and O–H groups in total. The van der Waals surface area contributed by atoms with E-state index in [1.165, 1.54) is 5.69 Å². The first-order valence-electron chi connectivity index (χ1n) is 8.46. The largest absolute Gasteiger partial charge is 0.377 e. The molecule has 0 spiro atoms. The van der Waals surface area contributed by atoms with Gasteiger partial charge in [-0.3, -0.25) is 0 Å². The van der Waals surface area contributed by atoms with Gasteiger partial charge in [-0.25, -0.2) is 4.98 Å². The lowest BCUT2D eigenvalue weighted by Crippen LogP contribution is -2.30. The summed E-state index contributed by atoms with van der Waals surface area (Å²) in [6.45, 7) is 8.37. The van der Waals surface area contributed by atoms with E-state index < -0.39 is 0 Å². The Kier molecular flexibility index (Phi) is 3.52. The predicted molar refractivity (Wildman–Crippen MR) is 84.1 cm³/mol. The number of imidazole rings is 1. The number of rotatable bonds is 2. The molecule has 6 nitrogen and oxygen atoms in total. The van der Waals surface area contributed by atoms with E-state index in [1.807, 2.05) is 12.5 Å². The Morgan fingerprint density at radius 1 is 1.26 bits per heavy atom. The molecular formula is C17H24N4O2. The molecule has 6 heteroatoms. The number of ether oxygens (including phenoxy) is 1. The van der Waals surface area contributed by atoms with Crippen LogP contribution < -0.4 is 0 Å². The van der Waals surface area contributed by atoms with Crippen LogP contribution in [0.1, 0.15) is 62.9 Å². The van der Waals surface area contributed by atoms with Crippen molar-refractivity contribution in [3.63, 3.8) is 0 Å². The normalized spacial score (nSPS) is 28.0. The fourth-order valence-electron chi connectivity index (χ4n) is 3.85. The number of aromatic nitrogens is 4. The monoisotopic (exact) mass is 316 g/mol. The summed E-state index contributed by atoms with van der Waals surface area (Å²) in [7, 11) is 0. The fraction of sp³-hybridized carbons (Fsp3) is 0.706. The zero-order valence-electron chi connectivity index (χ0n) is 14.0. The molecule has 2 aromatic rings. The predicted octanol–water partition coefficient (Wildman–Crippen LogP) is 2.91. The molecule has 0 radical (unpaired) electrons. The van der Waals surface area contributed by atoms with E-state index in [-0.39, 0.29) is 17.4 Å². The molecular weight excluding hydrogens is 292 g/mol. The van der Waals surface area contributed by atoms with Crippen LogP contribution in [0.2, 0.25) is 0 Å². The van der Waals surface area contributed by atoms with Crippen molar-refractivity contribution in [2.24, 2.45) is 5.41 Å². The van der Waals surface area contributed by atoms with Gasteiger partial charge in [-0.15, -0.1) is 0 Å². The van der Waals surface area contributed by atoms with E-state index in [0.717, 1.165) is 44.1 Å². The summed E-state index contributed by atoms with van der Waals surface area (Å²) in [5.41, 5.74) is 1.33. The summed E-state index contributed by atoms with van der Waals surface area (Å²) in [6, 6.07) is 0. The lowest BCUT2D eigenvalue weighted by Gasteiger charge is -2.29. The van der Waals surface area contributed by atoms with Crippen molar-refractivity contribution in [1.82, 2.24) is 19.7 Å². The van der Waals surface area contributed by atoms with Crippen LogP contribution in [0.25, 0.3) is 0 Å². The Labute approximate surface area is 136 Å². The maximum absolute atomic E-state index is 5.94. The highest BCUT2D eigenvalue weighted by Gasteiger charge is 2.41. The van der Waals surface area contributed by atoms with Crippen molar-refractivity contribution in [3.8, 4) is 0 Å². The van der Waals surface area contributed by atoms with Gasteiger partial charge in [0.05, 0.1) is 18.3 Å². The Morgan fingerprint density at radius 3 is 2.96 bits per heavy atom. The third kappa shape index (κ3) is 2.69. The molecule has 2 aromatic heterocycles. The molecule has 4 rings (SSSR count). The van der Waals surface area contributed by atoms with Gasteiger partial charge in [0.15, 0.2) is 5.82 Å². The number of nitrogens with zero attached hydrogens (tertiary/aromatic N) is 4. The van der Waals surface area contributed by atoms with Crippen LogP contribution in [-0.4, -0.2) is 32.4 Å². The zero-order valence-corrected chi connectivity index (χ0v) is 14.0. The molecule has 0 bridgehead atoms. The molecule has 0 saturated carbocycles. The standard InChI is InChI=1S/C17H24N4O2/c1-17(2,3)14-13(5-7-22-14)15-19-16(23-20-15)11-4-6-21-10-18-9-12(21)8-11/h9-11,13-14H,4-8H2,1-3H3/t11?,13-,14-/m0/s1. The average Bonchev–Trinajstić information content (AvgIpc) is 3.24. The van der Waals surface area contributed by atoms with E-state index in [0.29, 0.717) is 5.92 Å². The maximum atomic E-state index is 5.94. The first-order chi connectivity index (χ1) is 11.0. The minimum atomic E-state index is 0.0826. The van der Waals surface area contributed by atoms with Crippen molar-refractivity contribution in [3.05, 3.63) is 29.9 Å². The summed E-state index contributed by atoms with van der Waals surface area (Å²) >= 11 is 0. The van der Waals surface area contributed by atoms with Crippen molar-refractivity contribution in [2.75, 3.05) is 6.61 Å². The summed E-state index contributed by atoms with van der Waals surface area (Å²) in [5, 5.41) is 4.29. The van der Waals surface area contributed by atoms with E-state index in [2.05, 4.69) is 35.5 Å². The molecule has 2 aliphatic heterocycles. The molecule has 4 heterocycles. The minimum Gasteiger partial charge on any atom is -0.377 e. The zero-order chi connectivity index (χ0) is 16.0. The molecule has 3 atom stereocenters. The van der Waals surface area contributed by atoms with Crippen LogP contribution >= 0.6 is 0 Å². The number of fused-ring (bicyclic) bond motifs is 1. The van der Waals surface area contributed by atoms with Crippen molar-refractivity contribution in [1.29, 1.82) is 0 Å². The van der Waals surface area contributed by atoms with E-state index in [4.69, 9.17) is 14.2 Å². The van der Waals surface area contributed by atoms with Crippen LogP contribution in [0.4, 0.5) is 0 Å². The summed E-state index contributed by atoms with van der Waals surface area (Å²) in [5.74, 6) is 2.13. The second-order valence-electron chi connectivity index (χ2n) is 7.81. The second kappa shape index (κ2) is 5.44. The molecule has 0 amide bonds. The molecule has 1 saturated heterocycles. The lowest BCUT2D eigenvalue weighted by molar-refractivity contribution is 0.0193. The minimum absolute atomic E-state index is 0.0826. The van der Waals surface area contributed by atoms with Gasteiger partial charge in [0.25, 0.3) is 0 Å². The molecule has 1 fully saturated rings. The molecule has 0 aliphatic carbocycles. The van der Waals surface area contributed by atoms with Gasteiger partial charge in [-0.05, 0) is 18.3 Å². The van der Waals surface area contributed by atoms with E-state index in [1.54, 1.807) is 0 Å². The van der Waals surface area contributed by atoms with Crippen LogP contribution in [0.5, 0.6) is 0 Å². The van der Waals surface area contributed by atoms with Crippen molar-refractivity contribution < 1.29 is 9.26 Å². The summed E-state index contributed by atoms with van der Waals surface area (Å²) in [6.07, 6.45) is 6.90. The second-order valence-corrected chi connectivity index (χ2v) is 7.81. The molecule has 1 unspecified atom stereocenters. The van der Waals surface area contributed by atoms with Crippen LogP contribution in [0, 0.1) is 5.41 Å². The van der Waals surface area contributed by atoms with Gasteiger partial charge in [-0.1, -0.05) is 25.9 Å². The third-order valence-electron chi connectivity index (χ3n) is 5.06. The fourth-order valence-corrected chi connectivity index (χ4v) is 3.85. The summed E-state index contributed by atoms with van der Waals surface area (Å²) in [4.78, 5) is 8.97. The Balaban J connectivity index is 1.53. The SMILES string of the molecule is CC(C)(C)[C@H]1OCC[C@@H]1c1noc(C2CCn3cncc3C2)n1. The van der Waals surface area contributed by atoms with Gasteiger partial charge >= 0.3 is 0 Å². The first kappa shape index (κ1) is 14.9. The first-order valence-corrected chi connectivity index (χ1v) is 8.46. The molecule has 0 aromatic carbocycles. The molecule has 23 heavy (non-hydrogen) atoms. The maximum Gasteiger partial charge on any atom is 0.230 e. The number of hydrogen-bond donors (Lipinski definition) is 0. The number of aryl methyl sites for hydroxylation is 1. The molecule has 124 valence electrons. The highest BCUT2D eigenvalue weighted by molar-refractivity contribution is 5.11. The van der Waals surface area contributed by atoms with Crippen LogP contribution in [-0.2, 0) is 17.7 Å². The van der Waals surface area contributed by atoms with Crippen LogP contribution in [0.15, 0.2) is 17.0 Å². The Bertz CT molecular complexity index is 685. The van der Waals surface area contributed by atoms with Gasteiger partial charge in [0.2, 0.25) is 5.89 Å². The van der Waals surface area contributed by atoms with Gasteiger partial charge < -0.3 is 13.8 Å². The smallest absolute Gasteiger partial charge is 0.230 e. The van der Waals surface area contributed by atoms with E-state index in [9.17, 15) is 0 Å². The van der Waals surface area contributed by atoms with Gasteiger partial charge in [0.1, 0.15) is 0 Å². The highest BCUT2D eigenvalue weighted by atomic mass is 16.5. The van der Waals surface area contributed by atoms with E-state index >= 15 is 0 Å². The lowest BCUT2D eigenvalue weighted by atomic mass is 9.81. The van der Waals surface area contributed by atoms with Gasteiger partial charge in [0, 0.05) is 37.4 Å². The van der Waals surface area contributed by atoms with Crippen molar-refractivity contribution in [2.45, 2.75) is 64.5 Å². The topological polar surface area (TPSA) is 66.0 Å². The Morgan fingerprint density at radius 2 is 2.13 bits per heavy atom. The van der Waals surface area contributed by atoms with Crippen LogP contribution in [0.3, 0.4) is 0 Å². The molecule has 2 aliphatic rings. The average molecular weight is 316 g/mol. The quantitative estimate of drug-likeness (QED) is 0.852. The van der Waals surface area contributed by atoms with Crippen molar-refractivity contribution >= 4 is 0 Å². The highest BCUT2D eigenvalue weighted by Crippen LogP contribution is 2.40. The van der Waals surface area contributed by atoms with Gasteiger partial charge in [-0.2, -0.15) is 4.98 Å². The Hall–Kier alpha value is -1.69. The number of hydrogen-bond acceptors (Lipinski definition) is 5.